The van der Waals surface area contributed by atoms with Gasteiger partial charge in [-0.3, -0.25) is 0 Å². The molecule has 0 amide bonds. The highest BCUT2D eigenvalue weighted by Gasteiger charge is 2.07. The molecular weight excluding hydrogens is 246 g/mol. The number of imidazole rings is 1. The molecule has 0 bridgehead atoms. The lowest BCUT2D eigenvalue weighted by atomic mass is 10.3. The van der Waals surface area contributed by atoms with Gasteiger partial charge in [-0.25, -0.2) is 9.97 Å². The van der Waals surface area contributed by atoms with Gasteiger partial charge in [0.05, 0.1) is 12.7 Å². The summed E-state index contributed by atoms with van der Waals surface area (Å²) in [6.07, 6.45) is 5.34. The third kappa shape index (κ3) is 1.91. The smallest absolute Gasteiger partial charge is 0.180 e. The van der Waals surface area contributed by atoms with Crippen LogP contribution >= 0.6 is 11.3 Å². The minimum Gasteiger partial charge on any atom is -0.382 e. The zero-order chi connectivity index (χ0) is 12.5. The molecule has 0 saturated carbocycles. The first kappa shape index (κ1) is 11.0. The van der Waals surface area contributed by atoms with Crippen LogP contribution in [-0.4, -0.2) is 14.4 Å². The van der Waals surface area contributed by atoms with Crippen LogP contribution in [0.15, 0.2) is 30.0 Å². The van der Waals surface area contributed by atoms with E-state index in [0.717, 1.165) is 12.2 Å². The molecule has 0 saturated heterocycles. The molecule has 5 nitrogen and oxygen atoms in total. The Balaban J connectivity index is 1.90. The van der Waals surface area contributed by atoms with Crippen molar-refractivity contribution in [2.24, 2.45) is 0 Å². The molecule has 0 aromatic carbocycles. The fraction of sp³-hybridized carbons (Fsp3) is 0.167. The van der Waals surface area contributed by atoms with Gasteiger partial charge in [0.2, 0.25) is 0 Å². The van der Waals surface area contributed by atoms with Crippen molar-refractivity contribution in [3.8, 4) is 0 Å². The lowest BCUT2D eigenvalue weighted by molar-refractivity contribution is 1.08. The Kier molecular flexibility index (Phi) is 2.64. The first-order valence-electron chi connectivity index (χ1n) is 5.60. The van der Waals surface area contributed by atoms with Gasteiger partial charge in [0.15, 0.2) is 11.5 Å². The Morgan fingerprint density at radius 1 is 1.50 bits per heavy atom. The Morgan fingerprint density at radius 2 is 2.39 bits per heavy atom. The molecule has 0 aliphatic carbocycles. The molecule has 6 heteroatoms. The summed E-state index contributed by atoms with van der Waals surface area (Å²) in [5, 5.41) is 5.38. The van der Waals surface area contributed by atoms with E-state index in [1.54, 1.807) is 23.7 Å². The van der Waals surface area contributed by atoms with Crippen molar-refractivity contribution in [3.05, 3.63) is 40.5 Å². The lowest BCUT2D eigenvalue weighted by Crippen LogP contribution is -2.05. The second-order valence-electron chi connectivity index (χ2n) is 4.05. The summed E-state index contributed by atoms with van der Waals surface area (Å²) in [6.45, 7) is 2.84. The molecule has 3 aromatic rings. The van der Waals surface area contributed by atoms with Gasteiger partial charge < -0.3 is 15.5 Å². The molecule has 0 aliphatic heterocycles. The van der Waals surface area contributed by atoms with Crippen LogP contribution in [0.3, 0.4) is 0 Å². The van der Waals surface area contributed by atoms with Crippen molar-refractivity contribution < 1.29 is 0 Å². The first-order valence-corrected chi connectivity index (χ1v) is 6.48. The fourth-order valence-electron chi connectivity index (χ4n) is 1.82. The maximum Gasteiger partial charge on any atom is 0.180 e. The summed E-state index contributed by atoms with van der Waals surface area (Å²) in [4.78, 5) is 9.85. The normalized spacial score (nSPS) is 10.9. The van der Waals surface area contributed by atoms with Gasteiger partial charge in [0.25, 0.3) is 0 Å². The maximum absolute atomic E-state index is 5.77. The maximum atomic E-state index is 5.77. The van der Waals surface area contributed by atoms with Crippen molar-refractivity contribution in [2.75, 3.05) is 11.1 Å². The lowest BCUT2D eigenvalue weighted by Gasteiger charge is -2.07. The van der Waals surface area contributed by atoms with Gasteiger partial charge >= 0.3 is 0 Å². The van der Waals surface area contributed by atoms with E-state index >= 15 is 0 Å². The van der Waals surface area contributed by atoms with Crippen molar-refractivity contribution in [1.29, 1.82) is 0 Å². The Bertz CT molecular complexity index is 685. The number of fused-ring (bicyclic) bond motifs is 1. The molecule has 92 valence electrons. The van der Waals surface area contributed by atoms with Crippen LogP contribution in [0.5, 0.6) is 0 Å². The largest absolute Gasteiger partial charge is 0.382 e. The van der Waals surface area contributed by atoms with Crippen molar-refractivity contribution in [3.63, 3.8) is 0 Å². The predicted molar refractivity (Wildman–Crippen MR) is 73.8 cm³/mol. The summed E-state index contributed by atoms with van der Waals surface area (Å²) >= 11 is 1.73. The Morgan fingerprint density at radius 3 is 3.17 bits per heavy atom. The summed E-state index contributed by atoms with van der Waals surface area (Å²) in [6, 6.07) is 2.11. The molecule has 3 aromatic heterocycles. The molecular formula is C12H13N5S. The first-order chi connectivity index (χ1) is 8.74. The highest BCUT2D eigenvalue weighted by Crippen LogP contribution is 2.19. The minimum atomic E-state index is 0.478. The van der Waals surface area contributed by atoms with E-state index in [2.05, 4.69) is 33.7 Å². The molecule has 0 aliphatic rings. The van der Waals surface area contributed by atoms with Crippen molar-refractivity contribution in [1.82, 2.24) is 14.4 Å². The quantitative estimate of drug-likeness (QED) is 0.757. The van der Waals surface area contributed by atoms with E-state index in [1.807, 2.05) is 10.6 Å². The van der Waals surface area contributed by atoms with E-state index < -0.39 is 0 Å². The number of anilines is 2. The molecule has 0 spiro atoms. The molecule has 0 fully saturated rings. The van der Waals surface area contributed by atoms with Crippen molar-refractivity contribution >= 4 is 28.6 Å². The second kappa shape index (κ2) is 4.30. The average Bonchev–Trinajstić information content (AvgIpc) is 2.94. The zero-order valence-electron chi connectivity index (χ0n) is 9.92. The monoisotopic (exact) mass is 259 g/mol. The van der Waals surface area contributed by atoms with Crippen LogP contribution in [-0.2, 0) is 6.54 Å². The number of nitrogens with two attached hydrogens (primary N) is 1. The third-order valence-electron chi connectivity index (χ3n) is 2.78. The number of aromatic nitrogens is 3. The number of thiophene rings is 1. The predicted octanol–water partition coefficient (Wildman–Crippen LogP) is 2.29. The SMILES string of the molecule is Cc1ccsc1CNc1nc(N)cn2ccnc12. The highest BCUT2D eigenvalue weighted by atomic mass is 32.1. The van der Waals surface area contributed by atoms with E-state index in [9.17, 15) is 0 Å². The van der Waals surface area contributed by atoms with Gasteiger partial charge in [0, 0.05) is 17.3 Å². The van der Waals surface area contributed by atoms with Crippen LogP contribution in [0.2, 0.25) is 0 Å². The highest BCUT2D eigenvalue weighted by molar-refractivity contribution is 7.10. The van der Waals surface area contributed by atoms with E-state index in [4.69, 9.17) is 5.73 Å². The number of nitrogens with one attached hydrogen (secondary N) is 1. The van der Waals surface area contributed by atoms with Gasteiger partial charge in [0.1, 0.15) is 5.82 Å². The number of rotatable bonds is 3. The number of hydrogen-bond acceptors (Lipinski definition) is 5. The Labute approximate surface area is 108 Å². The van der Waals surface area contributed by atoms with E-state index in [-0.39, 0.29) is 0 Å². The molecule has 3 N–H and O–H groups in total. The van der Waals surface area contributed by atoms with Crippen LogP contribution < -0.4 is 11.1 Å². The van der Waals surface area contributed by atoms with Crippen LogP contribution in [0.25, 0.3) is 5.65 Å². The van der Waals surface area contributed by atoms with Crippen LogP contribution in [0.1, 0.15) is 10.4 Å². The van der Waals surface area contributed by atoms with Gasteiger partial charge in [-0.2, -0.15) is 0 Å². The molecule has 0 radical (unpaired) electrons. The molecule has 3 heterocycles. The number of aryl methyl sites for hydroxylation is 1. The molecule has 0 atom stereocenters. The number of hydrogen-bond donors (Lipinski definition) is 2. The topological polar surface area (TPSA) is 68.2 Å². The van der Waals surface area contributed by atoms with E-state index in [1.165, 1.54) is 10.4 Å². The number of nitrogen functional groups attached to an aromatic ring is 1. The third-order valence-corrected chi connectivity index (χ3v) is 3.80. The second-order valence-corrected chi connectivity index (χ2v) is 5.05. The van der Waals surface area contributed by atoms with Crippen LogP contribution in [0, 0.1) is 6.92 Å². The van der Waals surface area contributed by atoms with Crippen molar-refractivity contribution in [2.45, 2.75) is 13.5 Å². The number of nitrogens with zero attached hydrogens (tertiary/aromatic N) is 3. The summed E-state index contributed by atoms with van der Waals surface area (Å²) in [5.74, 6) is 1.19. The summed E-state index contributed by atoms with van der Waals surface area (Å²) in [7, 11) is 0. The molecule has 3 rings (SSSR count). The minimum absolute atomic E-state index is 0.478. The standard InChI is InChI=1S/C12H13N5S/c1-8-2-5-18-9(8)6-15-11-12-14-3-4-17(12)7-10(13)16-11/h2-5,7H,6,13H2,1H3,(H,15,16). The van der Waals surface area contributed by atoms with Gasteiger partial charge in [-0.15, -0.1) is 11.3 Å². The summed E-state index contributed by atoms with van der Waals surface area (Å²) in [5.41, 5.74) is 7.84. The van der Waals surface area contributed by atoms with Gasteiger partial charge in [-0.1, -0.05) is 0 Å². The Hall–Kier alpha value is -2.08. The molecule has 0 unspecified atom stereocenters. The van der Waals surface area contributed by atoms with E-state index in [0.29, 0.717) is 11.6 Å². The fourth-order valence-corrected chi connectivity index (χ4v) is 2.66. The summed E-state index contributed by atoms with van der Waals surface area (Å²) < 4.78 is 1.87. The zero-order valence-corrected chi connectivity index (χ0v) is 10.7. The van der Waals surface area contributed by atoms with Gasteiger partial charge in [-0.05, 0) is 23.9 Å². The average molecular weight is 259 g/mol. The molecule has 18 heavy (non-hydrogen) atoms. The van der Waals surface area contributed by atoms with Crippen LogP contribution in [0.4, 0.5) is 11.6 Å².